The summed E-state index contributed by atoms with van der Waals surface area (Å²) in [6.07, 6.45) is -0.860. The second kappa shape index (κ2) is 9.14. The predicted octanol–water partition coefficient (Wildman–Crippen LogP) is 4.81. The molecule has 0 fully saturated rings. The van der Waals surface area contributed by atoms with Gasteiger partial charge in [-0.1, -0.05) is 60.7 Å². The number of amides is 1. The summed E-state index contributed by atoms with van der Waals surface area (Å²) < 4.78 is 5.58. The quantitative estimate of drug-likeness (QED) is 0.563. The number of carbonyl (C=O) groups excluding carboxylic acids is 1. The molecule has 0 radical (unpaired) electrons. The van der Waals surface area contributed by atoms with Gasteiger partial charge in [-0.05, 0) is 39.9 Å². The smallest absolute Gasteiger partial charge is 0.407 e. The molecule has 4 rings (SSSR count). The number of nitrogens with zero attached hydrogens (tertiary/aromatic N) is 1. The minimum absolute atomic E-state index is 0.0505. The van der Waals surface area contributed by atoms with Crippen LogP contribution in [0.3, 0.4) is 0 Å². The maximum atomic E-state index is 12.6. The second-order valence-electron chi connectivity index (χ2n) is 8.11. The molecular weight excluding hydrogens is 404 g/mol. The molecule has 32 heavy (non-hydrogen) atoms. The van der Waals surface area contributed by atoms with E-state index < -0.39 is 18.1 Å². The van der Waals surface area contributed by atoms with Crippen LogP contribution in [-0.4, -0.2) is 37.9 Å². The van der Waals surface area contributed by atoms with E-state index >= 15 is 0 Å². The minimum Gasteiger partial charge on any atom is -0.481 e. The minimum atomic E-state index is -0.995. The highest BCUT2D eigenvalue weighted by molar-refractivity contribution is 5.79. The third-order valence-electron chi connectivity index (χ3n) is 5.83. The molecule has 3 aromatic carbocycles. The fourth-order valence-corrected chi connectivity index (χ4v) is 4.21. The fourth-order valence-electron chi connectivity index (χ4n) is 4.21. The Morgan fingerprint density at radius 1 is 0.938 bits per heavy atom. The molecule has 2 N–H and O–H groups in total. The van der Waals surface area contributed by atoms with Gasteiger partial charge in [0.25, 0.3) is 0 Å². The lowest BCUT2D eigenvalue weighted by Gasteiger charge is -2.20. The van der Waals surface area contributed by atoms with E-state index in [1.165, 1.54) is 0 Å². The topological polar surface area (TPSA) is 78.9 Å². The lowest BCUT2D eigenvalue weighted by Crippen LogP contribution is -2.31. The number of ether oxygens (including phenoxy) is 1. The molecule has 164 valence electrons. The summed E-state index contributed by atoms with van der Waals surface area (Å²) in [5, 5.41) is 12.1. The maximum Gasteiger partial charge on any atom is 0.407 e. The Balaban J connectivity index is 1.46. The molecule has 0 spiro atoms. The highest BCUT2D eigenvalue weighted by atomic mass is 16.5. The number of fused-ring (bicyclic) bond motifs is 3. The number of benzene rings is 3. The summed E-state index contributed by atoms with van der Waals surface area (Å²) in [6, 6.07) is 23.0. The van der Waals surface area contributed by atoms with Crippen molar-refractivity contribution >= 4 is 17.7 Å². The molecule has 1 atom stereocenters. The van der Waals surface area contributed by atoms with Crippen LogP contribution >= 0.6 is 0 Å². The van der Waals surface area contributed by atoms with Crippen LogP contribution in [0.2, 0.25) is 0 Å². The van der Waals surface area contributed by atoms with Crippen LogP contribution in [0.15, 0.2) is 72.8 Å². The zero-order chi connectivity index (χ0) is 22.7. The molecule has 1 aliphatic carbocycles. The molecule has 0 unspecified atom stereocenters. The van der Waals surface area contributed by atoms with Crippen molar-refractivity contribution in [3.05, 3.63) is 89.5 Å². The summed E-state index contributed by atoms with van der Waals surface area (Å²) in [5.74, 6) is -1.05. The molecule has 0 saturated heterocycles. The molecule has 0 saturated carbocycles. The van der Waals surface area contributed by atoms with E-state index in [0.29, 0.717) is 5.56 Å². The van der Waals surface area contributed by atoms with Gasteiger partial charge in [0, 0.05) is 25.7 Å². The highest BCUT2D eigenvalue weighted by Crippen LogP contribution is 2.44. The number of carbonyl (C=O) groups is 2. The number of carboxylic acids is 1. The standard InChI is InChI=1S/C26H26N2O4/c1-28(2)18-13-11-17(12-14-18)24(15-25(29)30)27-26(31)32-16-23-21-9-5-3-7-19(21)20-8-4-6-10-22(20)23/h3-14,23-24H,15-16H2,1-2H3,(H,27,31)(H,29,30)/t24-/m0/s1. The fraction of sp³-hybridized carbons (Fsp3) is 0.231. The van der Waals surface area contributed by atoms with Crippen molar-refractivity contribution in [2.75, 3.05) is 25.6 Å². The van der Waals surface area contributed by atoms with Crippen molar-refractivity contribution in [1.29, 1.82) is 0 Å². The largest absolute Gasteiger partial charge is 0.481 e. The van der Waals surface area contributed by atoms with Gasteiger partial charge in [0.15, 0.2) is 0 Å². The summed E-state index contributed by atoms with van der Waals surface area (Å²) in [4.78, 5) is 26.0. The van der Waals surface area contributed by atoms with Crippen LogP contribution in [0.5, 0.6) is 0 Å². The number of carboxylic acid groups (broad SMARTS) is 1. The van der Waals surface area contributed by atoms with Crippen LogP contribution in [-0.2, 0) is 9.53 Å². The summed E-state index contributed by atoms with van der Waals surface area (Å²) >= 11 is 0. The Morgan fingerprint density at radius 3 is 2.03 bits per heavy atom. The van der Waals surface area contributed by atoms with E-state index in [2.05, 4.69) is 29.6 Å². The van der Waals surface area contributed by atoms with E-state index in [0.717, 1.165) is 27.9 Å². The molecule has 1 amide bonds. The number of anilines is 1. The first-order valence-electron chi connectivity index (χ1n) is 10.5. The Hall–Kier alpha value is -3.80. The van der Waals surface area contributed by atoms with Gasteiger partial charge in [0.2, 0.25) is 0 Å². The predicted molar refractivity (Wildman–Crippen MR) is 124 cm³/mol. The van der Waals surface area contributed by atoms with E-state index in [-0.39, 0.29) is 18.9 Å². The first-order valence-corrected chi connectivity index (χ1v) is 10.5. The first-order chi connectivity index (χ1) is 15.4. The Morgan fingerprint density at radius 2 is 1.50 bits per heavy atom. The molecule has 6 nitrogen and oxygen atoms in total. The molecule has 1 aliphatic rings. The normalized spacial score (nSPS) is 13.1. The first kappa shape index (κ1) is 21.4. The van der Waals surface area contributed by atoms with Gasteiger partial charge in [-0.3, -0.25) is 4.79 Å². The average Bonchev–Trinajstić information content (AvgIpc) is 3.11. The number of nitrogens with one attached hydrogen (secondary N) is 1. The molecule has 0 aromatic heterocycles. The Labute approximate surface area is 187 Å². The molecule has 0 bridgehead atoms. The van der Waals surface area contributed by atoms with Gasteiger partial charge in [0.05, 0.1) is 12.5 Å². The van der Waals surface area contributed by atoms with E-state index in [1.54, 1.807) is 0 Å². The molecular formula is C26H26N2O4. The SMILES string of the molecule is CN(C)c1ccc([C@H](CC(=O)O)NC(=O)OCC2c3ccccc3-c3ccccc32)cc1. The van der Waals surface area contributed by atoms with Crippen LogP contribution in [0.4, 0.5) is 10.5 Å². The Kier molecular flexibility index (Phi) is 6.12. The van der Waals surface area contributed by atoms with Crippen LogP contribution < -0.4 is 10.2 Å². The maximum absolute atomic E-state index is 12.6. The summed E-state index contributed by atoms with van der Waals surface area (Å²) in [7, 11) is 3.86. The average molecular weight is 431 g/mol. The molecule has 0 aliphatic heterocycles. The van der Waals surface area contributed by atoms with Crippen molar-refractivity contribution in [1.82, 2.24) is 5.32 Å². The number of aliphatic carboxylic acids is 1. The van der Waals surface area contributed by atoms with Crippen LogP contribution in [0.25, 0.3) is 11.1 Å². The van der Waals surface area contributed by atoms with E-state index in [1.807, 2.05) is 67.5 Å². The van der Waals surface area contributed by atoms with Gasteiger partial charge in [0.1, 0.15) is 6.61 Å². The van der Waals surface area contributed by atoms with Crippen molar-refractivity contribution < 1.29 is 19.4 Å². The molecule has 0 heterocycles. The number of hydrogen-bond acceptors (Lipinski definition) is 4. The number of hydrogen-bond donors (Lipinski definition) is 2. The lowest BCUT2D eigenvalue weighted by molar-refractivity contribution is -0.137. The molecule has 6 heteroatoms. The zero-order valence-corrected chi connectivity index (χ0v) is 18.1. The van der Waals surface area contributed by atoms with Gasteiger partial charge in [-0.15, -0.1) is 0 Å². The van der Waals surface area contributed by atoms with Crippen molar-refractivity contribution in [2.24, 2.45) is 0 Å². The van der Waals surface area contributed by atoms with Gasteiger partial charge in [-0.25, -0.2) is 4.79 Å². The summed E-state index contributed by atoms with van der Waals surface area (Å²) in [6.45, 7) is 0.180. The second-order valence-corrected chi connectivity index (χ2v) is 8.11. The number of rotatable bonds is 7. The monoisotopic (exact) mass is 430 g/mol. The van der Waals surface area contributed by atoms with Crippen molar-refractivity contribution in [2.45, 2.75) is 18.4 Å². The van der Waals surface area contributed by atoms with Gasteiger partial charge < -0.3 is 20.1 Å². The van der Waals surface area contributed by atoms with Crippen LogP contribution in [0, 0.1) is 0 Å². The van der Waals surface area contributed by atoms with E-state index in [4.69, 9.17) is 4.74 Å². The van der Waals surface area contributed by atoms with Crippen molar-refractivity contribution in [3.8, 4) is 11.1 Å². The third kappa shape index (κ3) is 4.44. The van der Waals surface area contributed by atoms with Gasteiger partial charge in [-0.2, -0.15) is 0 Å². The Bertz CT molecular complexity index is 1080. The van der Waals surface area contributed by atoms with Gasteiger partial charge >= 0.3 is 12.1 Å². The van der Waals surface area contributed by atoms with Crippen LogP contribution in [0.1, 0.15) is 35.1 Å². The van der Waals surface area contributed by atoms with E-state index in [9.17, 15) is 14.7 Å². The zero-order valence-electron chi connectivity index (χ0n) is 18.1. The third-order valence-corrected chi connectivity index (χ3v) is 5.83. The molecule has 3 aromatic rings. The highest BCUT2D eigenvalue weighted by Gasteiger charge is 2.29. The lowest BCUT2D eigenvalue weighted by atomic mass is 9.98. The summed E-state index contributed by atoms with van der Waals surface area (Å²) in [5.41, 5.74) is 6.27. The van der Waals surface area contributed by atoms with Crippen molar-refractivity contribution in [3.63, 3.8) is 0 Å². The number of alkyl carbamates (subject to hydrolysis) is 1.